The van der Waals surface area contributed by atoms with E-state index >= 15 is 0 Å². The van der Waals surface area contributed by atoms with E-state index in [0.717, 1.165) is 31.4 Å². The summed E-state index contributed by atoms with van der Waals surface area (Å²) < 4.78 is 11.0. The Hall–Kier alpha value is -2.03. The van der Waals surface area contributed by atoms with Crippen molar-refractivity contribution >= 4 is 16.7 Å². The van der Waals surface area contributed by atoms with Crippen LogP contribution in [0, 0.1) is 5.41 Å². The van der Waals surface area contributed by atoms with Gasteiger partial charge in [0.2, 0.25) is 0 Å². The lowest BCUT2D eigenvalue weighted by molar-refractivity contribution is -0.152. The van der Waals surface area contributed by atoms with Gasteiger partial charge in [0.1, 0.15) is 11.9 Å². The third kappa shape index (κ3) is 2.21. The molecule has 3 nitrogen and oxygen atoms in total. The number of methoxy groups -OCH3 is 1. The molecule has 0 radical (unpaired) electrons. The van der Waals surface area contributed by atoms with E-state index in [0.29, 0.717) is 5.92 Å². The lowest BCUT2D eigenvalue weighted by atomic mass is 9.65. The average Bonchev–Trinajstić information content (AvgIpc) is 2.90. The Kier molecular flexibility index (Phi) is 3.56. The number of fused-ring (bicyclic) bond motifs is 5. The molecule has 126 valence electrons. The van der Waals surface area contributed by atoms with E-state index in [-0.39, 0.29) is 17.5 Å². The lowest BCUT2D eigenvalue weighted by Gasteiger charge is -2.41. The van der Waals surface area contributed by atoms with Crippen LogP contribution in [0.1, 0.15) is 50.2 Å². The molecule has 3 atom stereocenters. The van der Waals surface area contributed by atoms with Gasteiger partial charge in [0, 0.05) is 12.3 Å². The topological polar surface area (TPSA) is 35.5 Å². The predicted octanol–water partition coefficient (Wildman–Crippen LogP) is 4.61. The van der Waals surface area contributed by atoms with Crippen LogP contribution >= 0.6 is 0 Å². The van der Waals surface area contributed by atoms with Crippen molar-refractivity contribution in [1.82, 2.24) is 0 Å². The molecule has 2 aromatic carbocycles. The molecule has 0 aliphatic heterocycles. The van der Waals surface area contributed by atoms with Crippen molar-refractivity contribution in [3.8, 4) is 5.75 Å². The molecule has 2 aliphatic rings. The Balaban J connectivity index is 1.78. The fraction of sp³-hybridized carbons (Fsp3) is 0.476. The number of hydrogen-bond acceptors (Lipinski definition) is 3. The van der Waals surface area contributed by atoms with Crippen LogP contribution in [0.2, 0.25) is 0 Å². The Morgan fingerprint density at radius 3 is 2.79 bits per heavy atom. The zero-order chi connectivity index (χ0) is 16.9. The minimum absolute atomic E-state index is 0.0553. The van der Waals surface area contributed by atoms with Gasteiger partial charge in [0.05, 0.1) is 7.11 Å². The van der Waals surface area contributed by atoms with E-state index in [9.17, 15) is 4.79 Å². The van der Waals surface area contributed by atoms with Crippen LogP contribution < -0.4 is 4.74 Å². The highest BCUT2D eigenvalue weighted by Gasteiger charge is 2.51. The van der Waals surface area contributed by atoms with E-state index in [1.165, 1.54) is 28.8 Å². The van der Waals surface area contributed by atoms with Crippen LogP contribution in [0.25, 0.3) is 10.8 Å². The van der Waals surface area contributed by atoms with Crippen molar-refractivity contribution in [2.24, 2.45) is 5.41 Å². The maximum atomic E-state index is 11.5. The molecule has 0 amide bonds. The molecule has 24 heavy (non-hydrogen) atoms. The van der Waals surface area contributed by atoms with Crippen LogP contribution in [-0.4, -0.2) is 19.2 Å². The zero-order valence-electron chi connectivity index (χ0n) is 14.6. The van der Waals surface area contributed by atoms with Crippen molar-refractivity contribution in [2.75, 3.05) is 7.11 Å². The van der Waals surface area contributed by atoms with Gasteiger partial charge in [-0.05, 0) is 65.6 Å². The van der Waals surface area contributed by atoms with Gasteiger partial charge < -0.3 is 9.47 Å². The number of aryl methyl sites for hydroxylation is 1. The number of carbonyl (C=O) groups excluding carboxylic acids is 1. The molecular formula is C21H24O3. The first-order valence-corrected chi connectivity index (χ1v) is 8.79. The highest BCUT2D eigenvalue weighted by Crippen LogP contribution is 2.57. The van der Waals surface area contributed by atoms with E-state index < -0.39 is 0 Å². The number of hydrogen-bond donors (Lipinski definition) is 0. The predicted molar refractivity (Wildman–Crippen MR) is 94.5 cm³/mol. The highest BCUT2D eigenvalue weighted by atomic mass is 16.5. The summed E-state index contributed by atoms with van der Waals surface area (Å²) in [6, 6.07) is 10.8. The standard InChI is InChI=1S/C21H24O3/c1-13(22)24-20-9-8-19-18-6-4-14-12-15(23-3)5-7-16(14)17(18)10-11-21(19,20)2/h4-7,12,19-20H,8-11H2,1-3H3/t19-,20-,21+/m0/s1. The van der Waals surface area contributed by atoms with Gasteiger partial charge in [-0.15, -0.1) is 0 Å². The van der Waals surface area contributed by atoms with E-state index in [4.69, 9.17) is 9.47 Å². The SMILES string of the molecule is COc1ccc2c3c(ccc2c1)[C@@H]1CC[C@H](OC(C)=O)[C@]1(C)CC3. The van der Waals surface area contributed by atoms with Crippen molar-refractivity contribution in [3.63, 3.8) is 0 Å². The molecule has 0 heterocycles. The minimum Gasteiger partial charge on any atom is -0.497 e. The Labute approximate surface area is 143 Å². The second kappa shape index (κ2) is 5.51. The van der Waals surface area contributed by atoms with Gasteiger partial charge in [-0.1, -0.05) is 25.1 Å². The maximum Gasteiger partial charge on any atom is 0.302 e. The highest BCUT2D eigenvalue weighted by molar-refractivity contribution is 5.88. The molecule has 0 bridgehead atoms. The number of rotatable bonds is 2. The molecule has 1 fully saturated rings. The van der Waals surface area contributed by atoms with Crippen molar-refractivity contribution in [3.05, 3.63) is 41.5 Å². The van der Waals surface area contributed by atoms with Crippen LogP contribution in [0.15, 0.2) is 30.3 Å². The minimum atomic E-state index is -0.154. The van der Waals surface area contributed by atoms with Crippen LogP contribution in [0.4, 0.5) is 0 Å². The quantitative estimate of drug-likeness (QED) is 0.757. The third-order valence-electron chi connectivity index (χ3n) is 6.22. The van der Waals surface area contributed by atoms with E-state index in [1.54, 1.807) is 7.11 Å². The van der Waals surface area contributed by atoms with Crippen LogP contribution in [0.3, 0.4) is 0 Å². The average molecular weight is 324 g/mol. The number of ether oxygens (including phenoxy) is 2. The van der Waals surface area contributed by atoms with Crippen LogP contribution in [0.5, 0.6) is 5.75 Å². The van der Waals surface area contributed by atoms with Crippen molar-refractivity contribution in [1.29, 1.82) is 0 Å². The molecule has 4 rings (SSSR count). The molecule has 1 saturated carbocycles. The maximum absolute atomic E-state index is 11.5. The van der Waals surface area contributed by atoms with Crippen molar-refractivity contribution < 1.29 is 14.3 Å². The number of benzene rings is 2. The monoisotopic (exact) mass is 324 g/mol. The molecular weight excluding hydrogens is 300 g/mol. The van der Waals surface area contributed by atoms with Gasteiger partial charge in [-0.25, -0.2) is 0 Å². The van der Waals surface area contributed by atoms with Gasteiger partial charge in [0.15, 0.2) is 0 Å². The fourth-order valence-corrected chi connectivity index (χ4v) is 4.96. The normalized spacial score (nSPS) is 28.3. The molecule has 0 aromatic heterocycles. The summed E-state index contributed by atoms with van der Waals surface area (Å²) in [5.41, 5.74) is 3.00. The Morgan fingerprint density at radius 2 is 2.04 bits per heavy atom. The summed E-state index contributed by atoms with van der Waals surface area (Å²) in [5, 5.41) is 2.58. The first-order valence-electron chi connectivity index (χ1n) is 8.79. The Bertz CT molecular complexity index is 810. The fourth-order valence-electron chi connectivity index (χ4n) is 4.96. The smallest absolute Gasteiger partial charge is 0.302 e. The van der Waals surface area contributed by atoms with Gasteiger partial charge in [0.25, 0.3) is 0 Å². The summed E-state index contributed by atoms with van der Waals surface area (Å²) in [6.07, 6.45) is 4.25. The summed E-state index contributed by atoms with van der Waals surface area (Å²) in [4.78, 5) is 11.5. The Morgan fingerprint density at radius 1 is 1.21 bits per heavy atom. The molecule has 3 heteroatoms. The summed E-state index contributed by atoms with van der Waals surface area (Å²) >= 11 is 0. The molecule has 0 N–H and O–H groups in total. The first-order chi connectivity index (χ1) is 11.5. The number of carbonyl (C=O) groups is 1. The second-order valence-electron chi connectivity index (χ2n) is 7.45. The van der Waals surface area contributed by atoms with E-state index in [1.807, 2.05) is 6.07 Å². The lowest BCUT2D eigenvalue weighted by Crippen LogP contribution is -2.37. The zero-order valence-corrected chi connectivity index (χ0v) is 14.6. The largest absolute Gasteiger partial charge is 0.497 e. The van der Waals surface area contributed by atoms with Crippen LogP contribution in [-0.2, 0) is 16.0 Å². The molecule has 2 aliphatic carbocycles. The summed E-state index contributed by atoms with van der Waals surface area (Å²) in [5.74, 6) is 1.23. The van der Waals surface area contributed by atoms with Gasteiger partial charge in [-0.3, -0.25) is 4.79 Å². The third-order valence-corrected chi connectivity index (χ3v) is 6.22. The first kappa shape index (κ1) is 15.5. The summed E-state index contributed by atoms with van der Waals surface area (Å²) in [6.45, 7) is 3.83. The van der Waals surface area contributed by atoms with E-state index in [2.05, 4.69) is 31.2 Å². The molecule has 0 saturated heterocycles. The second-order valence-corrected chi connectivity index (χ2v) is 7.45. The molecule has 2 aromatic rings. The van der Waals surface area contributed by atoms with Crippen molar-refractivity contribution in [2.45, 2.75) is 51.6 Å². The summed E-state index contributed by atoms with van der Waals surface area (Å²) in [7, 11) is 1.71. The molecule has 0 spiro atoms. The van der Waals surface area contributed by atoms with Gasteiger partial charge in [-0.2, -0.15) is 0 Å². The number of esters is 1. The molecule has 0 unspecified atom stereocenters. The van der Waals surface area contributed by atoms with Gasteiger partial charge >= 0.3 is 5.97 Å².